The van der Waals surface area contributed by atoms with Crippen molar-refractivity contribution in [3.63, 3.8) is 0 Å². The van der Waals surface area contributed by atoms with Crippen molar-refractivity contribution in [3.05, 3.63) is 41.4 Å². The fraction of sp³-hybridized carbons (Fsp3) is 0.250. The van der Waals surface area contributed by atoms with Crippen molar-refractivity contribution in [2.45, 2.75) is 23.8 Å². The predicted molar refractivity (Wildman–Crippen MR) is 60.3 cm³/mol. The van der Waals surface area contributed by atoms with Crippen LogP contribution in [0.25, 0.3) is 0 Å². The zero-order valence-corrected chi connectivity index (χ0v) is 9.04. The molecule has 0 aliphatic carbocycles. The molecular formula is C12H11NOS. The lowest BCUT2D eigenvalue weighted by Crippen LogP contribution is -2.45. The quantitative estimate of drug-likeness (QED) is 0.710. The molecule has 0 bridgehead atoms. The van der Waals surface area contributed by atoms with Crippen molar-refractivity contribution in [1.82, 2.24) is 4.90 Å². The number of amides is 1. The highest BCUT2D eigenvalue weighted by Crippen LogP contribution is 2.40. The summed E-state index contributed by atoms with van der Waals surface area (Å²) in [5, 5.41) is 0. The maximum Gasteiger partial charge on any atom is 0.228 e. The van der Waals surface area contributed by atoms with E-state index in [0.717, 1.165) is 12.8 Å². The molecular weight excluding hydrogens is 206 g/mol. The Labute approximate surface area is 93.0 Å². The van der Waals surface area contributed by atoms with Gasteiger partial charge in [0.05, 0.1) is 0 Å². The lowest BCUT2D eigenvalue weighted by atomic mass is 10.0. The van der Waals surface area contributed by atoms with Crippen molar-refractivity contribution in [1.29, 1.82) is 0 Å². The molecule has 2 heterocycles. The summed E-state index contributed by atoms with van der Waals surface area (Å²) in [6.07, 6.45) is 3.77. The van der Waals surface area contributed by atoms with Gasteiger partial charge in [0.25, 0.3) is 0 Å². The number of hydrogen-bond donors (Lipinski definition) is 0. The van der Waals surface area contributed by atoms with Gasteiger partial charge in [0.1, 0.15) is 0 Å². The lowest BCUT2D eigenvalue weighted by molar-refractivity contribution is -0.140. The summed E-state index contributed by atoms with van der Waals surface area (Å²) in [5.41, 5.74) is 0. The minimum atomic E-state index is 0.267. The standard InChI is InChI=1S/C12H11NOS/c14-12-7-9-6-11(8-13(9)12)15-10-4-2-1-3-5-10/h1-5,8-9H,6-7H2. The van der Waals surface area contributed by atoms with Crippen LogP contribution in [0, 0.1) is 0 Å². The summed E-state index contributed by atoms with van der Waals surface area (Å²) >= 11 is 1.77. The second kappa shape index (κ2) is 3.42. The number of carbonyl (C=O) groups excluding carboxylic acids is 1. The fourth-order valence-electron chi connectivity index (χ4n) is 1.99. The number of thioether (sulfide) groups is 1. The van der Waals surface area contributed by atoms with E-state index < -0.39 is 0 Å². The van der Waals surface area contributed by atoms with Crippen molar-refractivity contribution >= 4 is 17.7 Å². The van der Waals surface area contributed by atoms with Crippen molar-refractivity contribution in [2.24, 2.45) is 0 Å². The molecule has 1 fully saturated rings. The van der Waals surface area contributed by atoms with Gasteiger partial charge in [0, 0.05) is 34.9 Å². The molecule has 1 atom stereocenters. The van der Waals surface area contributed by atoms with Gasteiger partial charge >= 0.3 is 0 Å². The zero-order chi connectivity index (χ0) is 10.3. The van der Waals surface area contributed by atoms with E-state index in [1.165, 1.54) is 9.80 Å². The van der Waals surface area contributed by atoms with Gasteiger partial charge in [0.15, 0.2) is 0 Å². The molecule has 3 rings (SSSR count). The van der Waals surface area contributed by atoms with Gasteiger partial charge in [-0.15, -0.1) is 0 Å². The SMILES string of the molecule is O=C1CC2CC(Sc3ccccc3)=CN12. The van der Waals surface area contributed by atoms with Gasteiger partial charge in [-0.3, -0.25) is 4.79 Å². The van der Waals surface area contributed by atoms with Gasteiger partial charge in [-0.25, -0.2) is 0 Å². The van der Waals surface area contributed by atoms with E-state index in [0.29, 0.717) is 6.04 Å². The fourth-order valence-corrected chi connectivity index (χ4v) is 3.03. The number of fused-ring (bicyclic) bond motifs is 1. The molecule has 1 unspecified atom stereocenters. The molecule has 15 heavy (non-hydrogen) atoms. The molecule has 2 aliphatic rings. The van der Waals surface area contributed by atoms with Crippen LogP contribution in [-0.4, -0.2) is 16.8 Å². The van der Waals surface area contributed by atoms with Crippen LogP contribution in [0.2, 0.25) is 0 Å². The molecule has 3 heteroatoms. The Morgan fingerprint density at radius 3 is 2.67 bits per heavy atom. The van der Waals surface area contributed by atoms with Crippen LogP contribution >= 0.6 is 11.8 Å². The Bertz CT molecular complexity index is 427. The zero-order valence-electron chi connectivity index (χ0n) is 8.22. The first-order valence-corrected chi connectivity index (χ1v) is 5.89. The Morgan fingerprint density at radius 1 is 1.20 bits per heavy atom. The van der Waals surface area contributed by atoms with Crippen LogP contribution in [0.1, 0.15) is 12.8 Å². The third-order valence-corrected chi connectivity index (χ3v) is 3.85. The summed E-state index contributed by atoms with van der Waals surface area (Å²) < 4.78 is 0. The molecule has 1 aromatic rings. The molecule has 1 saturated heterocycles. The Balaban J connectivity index is 1.73. The maximum absolute atomic E-state index is 11.2. The third kappa shape index (κ3) is 1.57. The van der Waals surface area contributed by atoms with Crippen LogP contribution in [0.4, 0.5) is 0 Å². The topological polar surface area (TPSA) is 20.3 Å². The minimum absolute atomic E-state index is 0.267. The van der Waals surface area contributed by atoms with E-state index >= 15 is 0 Å². The minimum Gasteiger partial charge on any atom is -0.314 e. The van der Waals surface area contributed by atoms with Crippen LogP contribution in [-0.2, 0) is 4.79 Å². The molecule has 0 saturated carbocycles. The molecule has 1 amide bonds. The van der Waals surface area contributed by atoms with E-state index in [4.69, 9.17) is 0 Å². The Morgan fingerprint density at radius 2 is 2.00 bits per heavy atom. The summed E-state index contributed by atoms with van der Waals surface area (Å²) in [4.78, 5) is 15.6. The summed E-state index contributed by atoms with van der Waals surface area (Å²) in [6.45, 7) is 0. The van der Waals surface area contributed by atoms with Crippen molar-refractivity contribution in [2.75, 3.05) is 0 Å². The Hall–Kier alpha value is -1.22. The van der Waals surface area contributed by atoms with E-state index in [-0.39, 0.29) is 5.91 Å². The van der Waals surface area contributed by atoms with Gasteiger partial charge < -0.3 is 4.90 Å². The van der Waals surface area contributed by atoms with Gasteiger partial charge in [-0.05, 0) is 12.1 Å². The predicted octanol–water partition coefficient (Wildman–Crippen LogP) is 2.62. The summed E-state index contributed by atoms with van der Waals surface area (Å²) in [7, 11) is 0. The van der Waals surface area contributed by atoms with Gasteiger partial charge in [-0.1, -0.05) is 30.0 Å². The van der Waals surface area contributed by atoms with E-state index in [1.54, 1.807) is 11.8 Å². The second-order valence-electron chi connectivity index (χ2n) is 3.87. The first-order valence-electron chi connectivity index (χ1n) is 5.08. The highest BCUT2D eigenvalue weighted by molar-refractivity contribution is 8.03. The first kappa shape index (κ1) is 9.04. The monoisotopic (exact) mass is 217 g/mol. The molecule has 76 valence electrons. The molecule has 0 spiro atoms. The van der Waals surface area contributed by atoms with E-state index in [9.17, 15) is 4.79 Å². The molecule has 0 radical (unpaired) electrons. The van der Waals surface area contributed by atoms with Gasteiger partial charge in [0.2, 0.25) is 5.91 Å². The smallest absolute Gasteiger partial charge is 0.228 e. The van der Waals surface area contributed by atoms with Crippen LogP contribution in [0.15, 0.2) is 46.3 Å². The van der Waals surface area contributed by atoms with E-state index in [2.05, 4.69) is 12.1 Å². The van der Waals surface area contributed by atoms with Gasteiger partial charge in [-0.2, -0.15) is 0 Å². The number of β-lactam (4-membered cyclic amide) rings is 1. The molecule has 1 aromatic carbocycles. The number of rotatable bonds is 2. The van der Waals surface area contributed by atoms with Crippen LogP contribution < -0.4 is 0 Å². The maximum atomic E-state index is 11.2. The molecule has 0 N–H and O–H groups in total. The molecule has 2 aliphatic heterocycles. The largest absolute Gasteiger partial charge is 0.314 e. The van der Waals surface area contributed by atoms with Crippen LogP contribution in [0.3, 0.4) is 0 Å². The number of benzene rings is 1. The summed E-state index contributed by atoms with van der Waals surface area (Å²) in [5.74, 6) is 0.267. The second-order valence-corrected chi connectivity index (χ2v) is 5.07. The number of nitrogens with zero attached hydrogens (tertiary/aromatic N) is 1. The lowest BCUT2D eigenvalue weighted by Gasteiger charge is -2.32. The molecule has 0 aromatic heterocycles. The average molecular weight is 217 g/mol. The van der Waals surface area contributed by atoms with Crippen molar-refractivity contribution < 1.29 is 4.79 Å². The number of carbonyl (C=O) groups is 1. The average Bonchev–Trinajstić information content (AvgIpc) is 2.57. The van der Waals surface area contributed by atoms with Crippen LogP contribution in [0.5, 0.6) is 0 Å². The van der Waals surface area contributed by atoms with Crippen molar-refractivity contribution in [3.8, 4) is 0 Å². The van der Waals surface area contributed by atoms with E-state index in [1.807, 2.05) is 29.3 Å². The highest BCUT2D eigenvalue weighted by atomic mass is 32.2. The first-order chi connectivity index (χ1) is 7.33. The number of hydrogen-bond acceptors (Lipinski definition) is 2. The third-order valence-electron chi connectivity index (χ3n) is 2.80. The highest BCUT2D eigenvalue weighted by Gasteiger charge is 2.39. The normalized spacial score (nSPS) is 23.5. The Kier molecular flexibility index (Phi) is 2.06. The molecule has 2 nitrogen and oxygen atoms in total. The summed E-state index contributed by atoms with van der Waals surface area (Å²) in [6, 6.07) is 10.8.